The van der Waals surface area contributed by atoms with E-state index in [9.17, 15) is 4.79 Å². The second-order valence-electron chi connectivity index (χ2n) is 11.0. The minimum absolute atomic E-state index is 0.189. The molecule has 1 aliphatic heterocycles. The number of esters is 1. The van der Waals surface area contributed by atoms with E-state index in [0.29, 0.717) is 12.2 Å². The van der Waals surface area contributed by atoms with Gasteiger partial charge in [0.25, 0.3) is 0 Å². The van der Waals surface area contributed by atoms with Crippen LogP contribution in [0.5, 0.6) is 0 Å². The lowest BCUT2D eigenvalue weighted by Gasteiger charge is -2.25. The molecule has 0 N–H and O–H groups in total. The largest absolute Gasteiger partial charge is 0.460 e. The SMILES string of the molecule is C1CC2C3CCC(C3)C2C1.CC.CC1CC2OC2CC1C.CCC(C)(CC)OC(C)=O. The summed E-state index contributed by atoms with van der Waals surface area (Å²) >= 11 is 0. The highest BCUT2D eigenvalue weighted by Crippen LogP contribution is 2.58. The molecule has 1 saturated heterocycles. The van der Waals surface area contributed by atoms with E-state index in [1.54, 1.807) is 38.5 Å². The van der Waals surface area contributed by atoms with Crippen LogP contribution in [0.25, 0.3) is 0 Å². The third kappa shape index (κ3) is 7.21. The zero-order chi connectivity index (χ0) is 23.2. The molecule has 3 nitrogen and oxygen atoms in total. The van der Waals surface area contributed by atoms with Crippen LogP contribution >= 0.6 is 0 Å². The molecule has 8 atom stereocenters. The summed E-state index contributed by atoms with van der Waals surface area (Å²) in [6, 6.07) is 0. The van der Waals surface area contributed by atoms with Gasteiger partial charge in [-0.25, -0.2) is 0 Å². The summed E-state index contributed by atoms with van der Waals surface area (Å²) in [5.41, 5.74) is -0.244. The summed E-state index contributed by atoms with van der Waals surface area (Å²) < 4.78 is 10.5. The first kappa shape index (κ1) is 26.7. The van der Waals surface area contributed by atoms with Crippen molar-refractivity contribution < 1.29 is 14.3 Å². The maximum atomic E-state index is 10.6. The quantitative estimate of drug-likeness (QED) is 0.334. The van der Waals surface area contributed by atoms with Crippen LogP contribution in [-0.4, -0.2) is 23.8 Å². The molecule has 0 aromatic heterocycles. The second kappa shape index (κ2) is 12.1. The molecule has 2 bridgehead atoms. The Morgan fingerprint density at radius 1 is 0.871 bits per heavy atom. The van der Waals surface area contributed by atoms with Gasteiger partial charge in [0.15, 0.2) is 0 Å². The van der Waals surface area contributed by atoms with Crippen LogP contribution in [0, 0.1) is 35.5 Å². The molecule has 182 valence electrons. The van der Waals surface area contributed by atoms with Gasteiger partial charge in [-0.2, -0.15) is 0 Å². The average molecular weight is 437 g/mol. The number of epoxide rings is 1. The lowest BCUT2D eigenvalue weighted by molar-refractivity contribution is -0.155. The molecule has 0 amide bonds. The summed E-state index contributed by atoms with van der Waals surface area (Å²) in [5, 5.41) is 0. The molecular formula is C28H52O3. The molecule has 4 aliphatic carbocycles. The molecule has 0 aromatic carbocycles. The number of fused-ring (bicyclic) bond motifs is 6. The molecule has 5 aliphatic rings. The standard InChI is InChI=1S/C10H16.C8H16O2.C8H14O.C2H6/c1-2-9-7-4-5-8(6-7)10(9)3-1;1-5-8(4,6-2)10-7(3)9;1-5-3-7-8(9-7)4-6(5)2;1-2/h7-10H,1-6H2;5-6H2,1-4H3;5-8H,3-4H2,1-2H3;1-2H3. The third-order valence-corrected chi connectivity index (χ3v) is 9.10. The van der Waals surface area contributed by atoms with Crippen LogP contribution < -0.4 is 0 Å². The number of rotatable bonds is 3. The lowest BCUT2D eigenvalue weighted by atomic mass is 9.82. The molecule has 0 spiro atoms. The van der Waals surface area contributed by atoms with Gasteiger partial charge in [0.05, 0.1) is 12.2 Å². The van der Waals surface area contributed by atoms with E-state index >= 15 is 0 Å². The first-order valence-corrected chi connectivity index (χ1v) is 13.6. The average Bonchev–Trinajstić information content (AvgIpc) is 3.15. The predicted molar refractivity (Wildman–Crippen MR) is 130 cm³/mol. The molecule has 3 heteroatoms. The molecule has 4 saturated carbocycles. The highest BCUT2D eigenvalue weighted by atomic mass is 16.6. The normalized spacial score (nSPS) is 38.8. The summed E-state index contributed by atoms with van der Waals surface area (Å²) in [6.07, 6.45) is 15.2. The minimum Gasteiger partial charge on any atom is -0.460 e. The lowest BCUT2D eigenvalue weighted by Crippen LogP contribution is -2.28. The molecule has 0 radical (unpaired) electrons. The first-order chi connectivity index (χ1) is 14.8. The van der Waals surface area contributed by atoms with Crippen molar-refractivity contribution in [1.29, 1.82) is 0 Å². The van der Waals surface area contributed by atoms with Crippen LogP contribution in [0.1, 0.15) is 120 Å². The smallest absolute Gasteiger partial charge is 0.303 e. The summed E-state index contributed by atoms with van der Waals surface area (Å²) in [6.45, 7) is 16.1. The topological polar surface area (TPSA) is 38.8 Å². The number of ether oxygens (including phenoxy) is 2. The molecule has 31 heavy (non-hydrogen) atoms. The van der Waals surface area contributed by atoms with Crippen molar-refractivity contribution in [3.8, 4) is 0 Å². The zero-order valence-electron chi connectivity index (χ0n) is 21.9. The van der Waals surface area contributed by atoms with Gasteiger partial charge in [0.2, 0.25) is 0 Å². The summed E-state index contributed by atoms with van der Waals surface area (Å²) in [7, 11) is 0. The monoisotopic (exact) mass is 436 g/mol. The Bertz CT molecular complexity index is 510. The molecule has 5 fully saturated rings. The van der Waals surface area contributed by atoms with Crippen molar-refractivity contribution in [1.82, 2.24) is 0 Å². The molecule has 1 heterocycles. The van der Waals surface area contributed by atoms with E-state index in [4.69, 9.17) is 9.47 Å². The molecular weight excluding hydrogens is 384 g/mol. The maximum absolute atomic E-state index is 10.6. The van der Waals surface area contributed by atoms with Gasteiger partial charge < -0.3 is 9.47 Å². The fraction of sp³-hybridized carbons (Fsp3) is 0.964. The Balaban J connectivity index is 0.000000159. The zero-order valence-corrected chi connectivity index (χ0v) is 21.9. The van der Waals surface area contributed by atoms with Gasteiger partial charge >= 0.3 is 5.97 Å². The van der Waals surface area contributed by atoms with Gasteiger partial charge in [0, 0.05) is 6.92 Å². The summed E-state index contributed by atoms with van der Waals surface area (Å²) in [5.74, 6) is 6.40. The van der Waals surface area contributed by atoms with Crippen molar-refractivity contribution in [2.24, 2.45) is 35.5 Å². The van der Waals surface area contributed by atoms with Crippen molar-refractivity contribution in [2.45, 2.75) is 137 Å². The van der Waals surface area contributed by atoms with Crippen LogP contribution in [-0.2, 0) is 14.3 Å². The Labute approximate surface area is 193 Å². The molecule has 5 rings (SSSR count). The number of carbonyl (C=O) groups is 1. The highest BCUT2D eigenvalue weighted by molar-refractivity contribution is 5.66. The Hall–Kier alpha value is -0.570. The fourth-order valence-electron chi connectivity index (χ4n) is 6.55. The van der Waals surface area contributed by atoms with E-state index in [0.717, 1.165) is 24.7 Å². The van der Waals surface area contributed by atoms with Crippen molar-refractivity contribution in [2.75, 3.05) is 0 Å². The van der Waals surface area contributed by atoms with Crippen molar-refractivity contribution >= 4 is 5.97 Å². The molecule has 0 aromatic rings. The van der Waals surface area contributed by atoms with E-state index in [-0.39, 0.29) is 11.6 Å². The van der Waals surface area contributed by atoms with E-state index in [1.807, 2.05) is 34.6 Å². The van der Waals surface area contributed by atoms with E-state index in [2.05, 4.69) is 13.8 Å². The van der Waals surface area contributed by atoms with Crippen molar-refractivity contribution in [3.63, 3.8) is 0 Å². The van der Waals surface area contributed by atoms with E-state index < -0.39 is 0 Å². The molecule has 8 unspecified atom stereocenters. The van der Waals surface area contributed by atoms with Gasteiger partial charge in [-0.05, 0) is 100 Å². The van der Waals surface area contributed by atoms with E-state index in [1.165, 1.54) is 43.4 Å². The van der Waals surface area contributed by atoms with Crippen LogP contribution in [0.4, 0.5) is 0 Å². The van der Waals surface area contributed by atoms with Gasteiger partial charge in [-0.3, -0.25) is 4.79 Å². The van der Waals surface area contributed by atoms with Crippen LogP contribution in [0.15, 0.2) is 0 Å². The number of hydrogen-bond donors (Lipinski definition) is 0. The van der Waals surface area contributed by atoms with Crippen LogP contribution in [0.2, 0.25) is 0 Å². The Kier molecular flexibility index (Phi) is 10.4. The Morgan fingerprint density at radius 3 is 1.68 bits per heavy atom. The van der Waals surface area contributed by atoms with Gasteiger partial charge in [-0.1, -0.05) is 48.0 Å². The predicted octanol–water partition coefficient (Wildman–Crippen LogP) is 7.81. The van der Waals surface area contributed by atoms with Gasteiger partial charge in [0.1, 0.15) is 5.60 Å². The third-order valence-electron chi connectivity index (χ3n) is 9.10. The highest BCUT2D eigenvalue weighted by Gasteiger charge is 2.49. The number of carbonyl (C=O) groups excluding carboxylic acids is 1. The fourth-order valence-corrected chi connectivity index (χ4v) is 6.55. The summed E-state index contributed by atoms with van der Waals surface area (Å²) in [4.78, 5) is 10.6. The Morgan fingerprint density at radius 2 is 1.32 bits per heavy atom. The van der Waals surface area contributed by atoms with Crippen molar-refractivity contribution in [3.05, 3.63) is 0 Å². The number of hydrogen-bond acceptors (Lipinski definition) is 3. The van der Waals surface area contributed by atoms with Crippen LogP contribution in [0.3, 0.4) is 0 Å². The van der Waals surface area contributed by atoms with Gasteiger partial charge in [-0.15, -0.1) is 0 Å². The second-order valence-corrected chi connectivity index (χ2v) is 11.0. The first-order valence-electron chi connectivity index (χ1n) is 13.6. The minimum atomic E-state index is -0.244. The maximum Gasteiger partial charge on any atom is 0.303 e.